The van der Waals surface area contributed by atoms with Gasteiger partial charge in [-0.25, -0.2) is 4.79 Å². The number of rotatable bonds is 2. The lowest BCUT2D eigenvalue weighted by molar-refractivity contribution is -0.123. The van der Waals surface area contributed by atoms with Crippen molar-refractivity contribution in [3.8, 4) is 0 Å². The molecule has 1 rings (SSSR count). The van der Waals surface area contributed by atoms with Gasteiger partial charge in [0, 0.05) is 5.02 Å². The molecule has 0 radical (unpaired) electrons. The maximum atomic E-state index is 10.9. The van der Waals surface area contributed by atoms with Gasteiger partial charge in [0.25, 0.3) is 0 Å². The van der Waals surface area contributed by atoms with Crippen LogP contribution in [0.4, 0.5) is 0 Å². The van der Waals surface area contributed by atoms with Crippen LogP contribution in [-0.4, -0.2) is 12.4 Å². The molecular formula is C8H5ClO3. The largest absolute Gasteiger partial charge is 0.392 e. The first kappa shape index (κ1) is 8.74. The standard InChI is InChI=1S/C8H5ClO3/c9-7-3-1-6(2-4-7)8(11)12-5-10/h1-5H. The normalized spacial score (nSPS) is 9.08. The van der Waals surface area contributed by atoms with Gasteiger partial charge in [-0.2, -0.15) is 0 Å². The fraction of sp³-hybridized carbons (Fsp3) is 0. The molecule has 0 fully saturated rings. The van der Waals surface area contributed by atoms with Crippen LogP contribution in [0.25, 0.3) is 0 Å². The van der Waals surface area contributed by atoms with Crippen LogP contribution < -0.4 is 0 Å². The Hall–Kier alpha value is -1.35. The molecule has 62 valence electrons. The van der Waals surface area contributed by atoms with Crippen molar-refractivity contribution in [3.63, 3.8) is 0 Å². The van der Waals surface area contributed by atoms with Crippen LogP contribution in [0.1, 0.15) is 10.4 Å². The molecule has 0 saturated heterocycles. The molecule has 0 bridgehead atoms. The third-order valence-electron chi connectivity index (χ3n) is 1.24. The van der Waals surface area contributed by atoms with Gasteiger partial charge in [-0.05, 0) is 24.3 Å². The molecule has 0 heterocycles. The summed E-state index contributed by atoms with van der Waals surface area (Å²) in [6.45, 7) is 0.0942. The highest BCUT2D eigenvalue weighted by atomic mass is 35.5. The second kappa shape index (κ2) is 3.88. The van der Waals surface area contributed by atoms with E-state index in [-0.39, 0.29) is 6.47 Å². The lowest BCUT2D eigenvalue weighted by Gasteiger charge is -1.95. The maximum Gasteiger partial charge on any atom is 0.345 e. The Bertz CT molecular complexity index is 292. The second-order valence-electron chi connectivity index (χ2n) is 2.01. The minimum Gasteiger partial charge on any atom is -0.392 e. The van der Waals surface area contributed by atoms with Gasteiger partial charge in [0.2, 0.25) is 0 Å². The fourth-order valence-electron chi connectivity index (χ4n) is 0.698. The minimum absolute atomic E-state index is 0.0942. The molecule has 1 aromatic carbocycles. The average Bonchev–Trinajstić information content (AvgIpc) is 2.06. The van der Waals surface area contributed by atoms with Crippen molar-refractivity contribution in [2.24, 2.45) is 0 Å². The maximum absolute atomic E-state index is 10.9. The smallest absolute Gasteiger partial charge is 0.345 e. The van der Waals surface area contributed by atoms with Gasteiger partial charge < -0.3 is 4.74 Å². The van der Waals surface area contributed by atoms with E-state index in [0.29, 0.717) is 10.6 Å². The third-order valence-corrected chi connectivity index (χ3v) is 1.49. The molecule has 3 nitrogen and oxygen atoms in total. The van der Waals surface area contributed by atoms with Crippen LogP contribution in [0, 0.1) is 0 Å². The molecule has 1 aromatic rings. The predicted octanol–water partition coefficient (Wildman–Crippen LogP) is 1.65. The van der Waals surface area contributed by atoms with E-state index in [4.69, 9.17) is 11.6 Å². The minimum atomic E-state index is -0.679. The average molecular weight is 185 g/mol. The van der Waals surface area contributed by atoms with Crippen molar-refractivity contribution >= 4 is 24.0 Å². The fourth-order valence-corrected chi connectivity index (χ4v) is 0.824. The van der Waals surface area contributed by atoms with E-state index in [9.17, 15) is 9.59 Å². The molecule has 0 N–H and O–H groups in total. The number of carbonyl (C=O) groups excluding carboxylic acids is 2. The second-order valence-corrected chi connectivity index (χ2v) is 2.44. The molecular weight excluding hydrogens is 180 g/mol. The van der Waals surface area contributed by atoms with Crippen LogP contribution in [0.5, 0.6) is 0 Å². The number of esters is 1. The Morgan fingerprint density at radius 1 is 1.33 bits per heavy atom. The van der Waals surface area contributed by atoms with E-state index in [1.165, 1.54) is 12.1 Å². The Kier molecular flexibility index (Phi) is 2.82. The lowest BCUT2D eigenvalue weighted by atomic mass is 10.2. The quantitative estimate of drug-likeness (QED) is 0.399. The summed E-state index contributed by atoms with van der Waals surface area (Å²) in [4.78, 5) is 20.6. The molecule has 0 saturated carbocycles. The lowest BCUT2D eigenvalue weighted by Crippen LogP contribution is -2.02. The van der Waals surface area contributed by atoms with E-state index >= 15 is 0 Å². The van der Waals surface area contributed by atoms with Crippen LogP contribution in [-0.2, 0) is 9.53 Å². The molecule has 0 spiro atoms. The van der Waals surface area contributed by atoms with Crippen molar-refractivity contribution in [2.45, 2.75) is 0 Å². The summed E-state index contributed by atoms with van der Waals surface area (Å²) in [5.41, 5.74) is 0.298. The molecule has 0 amide bonds. The van der Waals surface area contributed by atoms with Crippen molar-refractivity contribution in [1.29, 1.82) is 0 Å². The van der Waals surface area contributed by atoms with E-state index in [0.717, 1.165) is 0 Å². The molecule has 0 aliphatic carbocycles. The van der Waals surface area contributed by atoms with Gasteiger partial charge >= 0.3 is 12.4 Å². The van der Waals surface area contributed by atoms with Crippen molar-refractivity contribution in [2.75, 3.05) is 0 Å². The molecule has 0 atom stereocenters. The highest BCUT2D eigenvalue weighted by Gasteiger charge is 2.04. The summed E-state index contributed by atoms with van der Waals surface area (Å²) >= 11 is 5.57. The number of ether oxygens (including phenoxy) is 1. The highest BCUT2D eigenvalue weighted by Crippen LogP contribution is 2.09. The number of hydrogen-bond donors (Lipinski definition) is 0. The highest BCUT2D eigenvalue weighted by molar-refractivity contribution is 6.30. The Morgan fingerprint density at radius 2 is 1.92 bits per heavy atom. The van der Waals surface area contributed by atoms with E-state index < -0.39 is 5.97 Å². The number of carbonyl (C=O) groups is 2. The van der Waals surface area contributed by atoms with Gasteiger partial charge in [-0.15, -0.1) is 0 Å². The van der Waals surface area contributed by atoms with Crippen LogP contribution in [0.2, 0.25) is 5.02 Å². The molecule has 0 aromatic heterocycles. The SMILES string of the molecule is O=COC(=O)c1ccc(Cl)cc1. The van der Waals surface area contributed by atoms with Gasteiger partial charge in [-0.1, -0.05) is 11.6 Å². The third kappa shape index (κ3) is 2.07. The Morgan fingerprint density at radius 3 is 2.42 bits per heavy atom. The van der Waals surface area contributed by atoms with E-state index in [1.807, 2.05) is 0 Å². The topological polar surface area (TPSA) is 43.4 Å². The molecule has 4 heteroatoms. The van der Waals surface area contributed by atoms with Crippen molar-refractivity contribution < 1.29 is 14.3 Å². The molecule has 0 aliphatic rings. The first-order valence-corrected chi connectivity index (χ1v) is 3.52. The van der Waals surface area contributed by atoms with E-state index in [1.54, 1.807) is 12.1 Å². The van der Waals surface area contributed by atoms with Crippen molar-refractivity contribution in [3.05, 3.63) is 34.9 Å². The zero-order valence-electron chi connectivity index (χ0n) is 5.99. The molecule has 0 unspecified atom stereocenters. The summed E-state index contributed by atoms with van der Waals surface area (Å²) in [5.74, 6) is -0.679. The monoisotopic (exact) mass is 184 g/mol. The first-order valence-electron chi connectivity index (χ1n) is 3.14. The summed E-state index contributed by atoms with van der Waals surface area (Å²) < 4.78 is 4.11. The van der Waals surface area contributed by atoms with Gasteiger partial charge in [0.15, 0.2) is 0 Å². The van der Waals surface area contributed by atoms with Crippen molar-refractivity contribution in [1.82, 2.24) is 0 Å². The molecule has 0 aliphatic heterocycles. The first-order chi connectivity index (χ1) is 5.74. The predicted molar refractivity (Wildman–Crippen MR) is 42.9 cm³/mol. The molecule has 12 heavy (non-hydrogen) atoms. The van der Waals surface area contributed by atoms with E-state index in [2.05, 4.69) is 4.74 Å². The summed E-state index contributed by atoms with van der Waals surface area (Å²) in [7, 11) is 0. The van der Waals surface area contributed by atoms with Crippen LogP contribution >= 0.6 is 11.6 Å². The van der Waals surface area contributed by atoms with Gasteiger partial charge in [-0.3, -0.25) is 4.79 Å². The zero-order chi connectivity index (χ0) is 8.97. The summed E-state index contributed by atoms with van der Waals surface area (Å²) in [5, 5.41) is 0.526. The van der Waals surface area contributed by atoms with Crippen LogP contribution in [0.15, 0.2) is 24.3 Å². The summed E-state index contributed by atoms with van der Waals surface area (Å²) in [6, 6.07) is 6.05. The number of halogens is 1. The number of hydrogen-bond acceptors (Lipinski definition) is 3. The van der Waals surface area contributed by atoms with Crippen LogP contribution in [0.3, 0.4) is 0 Å². The number of benzene rings is 1. The van der Waals surface area contributed by atoms with Gasteiger partial charge in [0.1, 0.15) is 0 Å². The Labute approximate surface area is 73.9 Å². The van der Waals surface area contributed by atoms with Gasteiger partial charge in [0.05, 0.1) is 5.56 Å². The zero-order valence-corrected chi connectivity index (χ0v) is 6.75. The summed E-state index contributed by atoms with van der Waals surface area (Å²) in [6.07, 6.45) is 0. The Balaban J connectivity index is 2.82.